The molecule has 0 bridgehead atoms. The van der Waals surface area contributed by atoms with Crippen LogP contribution in [0.4, 0.5) is 0 Å². The van der Waals surface area contributed by atoms with Crippen molar-refractivity contribution in [2.75, 3.05) is 0 Å². The molecule has 0 unspecified atom stereocenters. The second-order valence-electron chi connectivity index (χ2n) is 4.17. The summed E-state index contributed by atoms with van der Waals surface area (Å²) in [7, 11) is 0. The van der Waals surface area contributed by atoms with E-state index in [0.29, 0.717) is 38.5 Å². The van der Waals surface area contributed by atoms with Crippen molar-refractivity contribution in [1.82, 2.24) is 0 Å². The van der Waals surface area contributed by atoms with Crippen molar-refractivity contribution < 1.29 is 14.4 Å². The molecule has 0 aromatic heterocycles. The molecular weight excluding hydrogens is 192 g/mol. The van der Waals surface area contributed by atoms with E-state index in [-0.39, 0.29) is 17.3 Å². The molecule has 0 atom stereocenters. The Morgan fingerprint density at radius 3 is 2.13 bits per heavy atom. The molecule has 3 nitrogen and oxygen atoms in total. The van der Waals surface area contributed by atoms with Crippen LogP contribution in [0.5, 0.6) is 0 Å². The SMILES string of the molecule is CCC(=O)CCC1(CC)C(=O)CCC1=O. The molecule has 0 aliphatic heterocycles. The summed E-state index contributed by atoms with van der Waals surface area (Å²) < 4.78 is 0. The Morgan fingerprint density at radius 1 is 1.20 bits per heavy atom. The minimum Gasteiger partial charge on any atom is -0.300 e. The second kappa shape index (κ2) is 4.69. The number of Topliss-reactive ketones (excluding diaryl/α,β-unsaturated/α-hetero) is 3. The van der Waals surface area contributed by atoms with Crippen molar-refractivity contribution in [2.24, 2.45) is 5.41 Å². The maximum atomic E-state index is 11.7. The molecule has 0 N–H and O–H groups in total. The van der Waals surface area contributed by atoms with Gasteiger partial charge in [-0.1, -0.05) is 13.8 Å². The highest BCUT2D eigenvalue weighted by Gasteiger charge is 2.47. The third-order valence-electron chi connectivity index (χ3n) is 3.48. The topological polar surface area (TPSA) is 51.2 Å². The highest BCUT2D eigenvalue weighted by atomic mass is 16.2. The van der Waals surface area contributed by atoms with Crippen LogP contribution in [0, 0.1) is 5.41 Å². The predicted molar refractivity (Wildman–Crippen MR) is 56.5 cm³/mol. The van der Waals surface area contributed by atoms with Gasteiger partial charge in [0.25, 0.3) is 0 Å². The van der Waals surface area contributed by atoms with Crippen LogP contribution in [0.3, 0.4) is 0 Å². The van der Waals surface area contributed by atoms with Crippen LogP contribution in [0.15, 0.2) is 0 Å². The number of carbonyl (C=O) groups is 3. The Labute approximate surface area is 90.2 Å². The van der Waals surface area contributed by atoms with Crippen molar-refractivity contribution in [2.45, 2.75) is 52.4 Å². The van der Waals surface area contributed by atoms with E-state index in [1.165, 1.54) is 0 Å². The van der Waals surface area contributed by atoms with Gasteiger partial charge in [-0.2, -0.15) is 0 Å². The molecule has 0 aromatic rings. The zero-order valence-corrected chi connectivity index (χ0v) is 9.47. The summed E-state index contributed by atoms with van der Waals surface area (Å²) in [5, 5.41) is 0. The molecule has 1 rings (SSSR count). The molecule has 3 heteroatoms. The Morgan fingerprint density at radius 2 is 1.73 bits per heavy atom. The van der Waals surface area contributed by atoms with Gasteiger partial charge in [0.05, 0.1) is 5.41 Å². The number of rotatable bonds is 5. The quantitative estimate of drug-likeness (QED) is 0.653. The molecule has 0 heterocycles. The standard InChI is InChI=1S/C12H18O3/c1-3-9(13)7-8-12(4-2)10(14)5-6-11(12)15/h3-8H2,1-2H3. The molecule has 1 aliphatic rings. The van der Waals surface area contributed by atoms with E-state index in [2.05, 4.69) is 0 Å². The molecular formula is C12H18O3. The van der Waals surface area contributed by atoms with Gasteiger partial charge in [-0.15, -0.1) is 0 Å². The first kappa shape index (κ1) is 12.1. The molecule has 0 amide bonds. The molecule has 0 spiro atoms. The van der Waals surface area contributed by atoms with Gasteiger partial charge < -0.3 is 0 Å². The third kappa shape index (κ3) is 2.16. The fraction of sp³-hybridized carbons (Fsp3) is 0.750. The van der Waals surface area contributed by atoms with Crippen molar-refractivity contribution >= 4 is 17.3 Å². The van der Waals surface area contributed by atoms with Gasteiger partial charge in [-0.05, 0) is 12.8 Å². The Balaban J connectivity index is 2.72. The Bertz CT molecular complexity index is 275. The van der Waals surface area contributed by atoms with E-state index >= 15 is 0 Å². The lowest BCUT2D eigenvalue weighted by Crippen LogP contribution is -2.32. The van der Waals surface area contributed by atoms with Crippen LogP contribution >= 0.6 is 0 Å². The first-order chi connectivity index (χ1) is 7.06. The average molecular weight is 210 g/mol. The largest absolute Gasteiger partial charge is 0.300 e. The van der Waals surface area contributed by atoms with Gasteiger partial charge in [0.15, 0.2) is 0 Å². The number of hydrogen-bond acceptors (Lipinski definition) is 3. The maximum Gasteiger partial charge on any atom is 0.146 e. The molecule has 1 fully saturated rings. The van der Waals surface area contributed by atoms with Gasteiger partial charge in [-0.25, -0.2) is 0 Å². The van der Waals surface area contributed by atoms with Crippen molar-refractivity contribution in [3.63, 3.8) is 0 Å². The normalized spacial score (nSPS) is 19.6. The molecule has 1 aliphatic carbocycles. The van der Waals surface area contributed by atoms with Crippen LogP contribution in [0.1, 0.15) is 52.4 Å². The Kier molecular flexibility index (Phi) is 3.77. The van der Waals surface area contributed by atoms with E-state index in [1.54, 1.807) is 6.92 Å². The van der Waals surface area contributed by atoms with Crippen LogP contribution in [-0.4, -0.2) is 17.3 Å². The van der Waals surface area contributed by atoms with Gasteiger partial charge in [0, 0.05) is 25.7 Å². The minimum absolute atomic E-state index is 0.0407. The molecule has 0 saturated heterocycles. The van der Waals surface area contributed by atoms with Crippen LogP contribution in [-0.2, 0) is 14.4 Å². The number of ketones is 3. The number of hydrogen-bond donors (Lipinski definition) is 0. The smallest absolute Gasteiger partial charge is 0.146 e. The summed E-state index contributed by atoms with van der Waals surface area (Å²) in [6.07, 6.45) is 2.56. The zero-order chi connectivity index (χ0) is 11.5. The van der Waals surface area contributed by atoms with Crippen molar-refractivity contribution in [1.29, 1.82) is 0 Å². The third-order valence-corrected chi connectivity index (χ3v) is 3.48. The van der Waals surface area contributed by atoms with Crippen molar-refractivity contribution in [3.8, 4) is 0 Å². The maximum absolute atomic E-state index is 11.7. The molecule has 84 valence electrons. The van der Waals surface area contributed by atoms with E-state index < -0.39 is 5.41 Å². The average Bonchev–Trinajstić information content (AvgIpc) is 2.53. The fourth-order valence-corrected chi connectivity index (χ4v) is 2.24. The summed E-state index contributed by atoms with van der Waals surface area (Å²) in [6.45, 7) is 3.66. The molecule has 0 radical (unpaired) electrons. The highest BCUT2D eigenvalue weighted by molar-refractivity contribution is 6.13. The van der Waals surface area contributed by atoms with Gasteiger partial charge in [0.1, 0.15) is 17.3 Å². The second-order valence-corrected chi connectivity index (χ2v) is 4.17. The van der Waals surface area contributed by atoms with Gasteiger partial charge in [-0.3, -0.25) is 14.4 Å². The number of carbonyl (C=O) groups excluding carboxylic acids is 3. The van der Waals surface area contributed by atoms with Crippen LogP contribution in [0.2, 0.25) is 0 Å². The predicted octanol–water partition coefficient (Wildman–Crippen LogP) is 2.07. The van der Waals surface area contributed by atoms with E-state index in [1.807, 2.05) is 6.92 Å². The fourth-order valence-electron chi connectivity index (χ4n) is 2.24. The molecule has 0 aromatic carbocycles. The summed E-state index contributed by atoms with van der Waals surface area (Å²) in [4.78, 5) is 34.6. The summed E-state index contributed by atoms with van der Waals surface area (Å²) in [5.74, 6) is 0.216. The lowest BCUT2D eigenvalue weighted by Gasteiger charge is -2.23. The summed E-state index contributed by atoms with van der Waals surface area (Å²) in [6, 6.07) is 0. The monoisotopic (exact) mass is 210 g/mol. The summed E-state index contributed by atoms with van der Waals surface area (Å²) >= 11 is 0. The van der Waals surface area contributed by atoms with Crippen LogP contribution in [0.25, 0.3) is 0 Å². The minimum atomic E-state index is -0.815. The van der Waals surface area contributed by atoms with Crippen molar-refractivity contribution in [3.05, 3.63) is 0 Å². The Hall–Kier alpha value is -0.990. The van der Waals surface area contributed by atoms with Gasteiger partial charge >= 0.3 is 0 Å². The van der Waals surface area contributed by atoms with E-state index in [9.17, 15) is 14.4 Å². The first-order valence-electron chi connectivity index (χ1n) is 5.65. The zero-order valence-electron chi connectivity index (χ0n) is 9.47. The van der Waals surface area contributed by atoms with Gasteiger partial charge in [0.2, 0.25) is 0 Å². The van der Waals surface area contributed by atoms with E-state index in [4.69, 9.17) is 0 Å². The molecule has 1 saturated carbocycles. The lowest BCUT2D eigenvalue weighted by atomic mass is 9.77. The van der Waals surface area contributed by atoms with E-state index in [0.717, 1.165) is 0 Å². The highest BCUT2D eigenvalue weighted by Crippen LogP contribution is 2.39. The summed E-state index contributed by atoms with van der Waals surface area (Å²) in [5.41, 5.74) is -0.815. The lowest BCUT2D eigenvalue weighted by molar-refractivity contribution is -0.136. The van der Waals surface area contributed by atoms with Crippen LogP contribution < -0.4 is 0 Å². The molecule has 15 heavy (non-hydrogen) atoms. The first-order valence-corrected chi connectivity index (χ1v) is 5.65.